The van der Waals surface area contributed by atoms with Crippen LogP contribution in [0.2, 0.25) is 0 Å². The Bertz CT molecular complexity index is 232. The van der Waals surface area contributed by atoms with E-state index in [4.69, 9.17) is 19.8 Å². The van der Waals surface area contributed by atoms with Gasteiger partial charge >= 0.3 is 15.2 Å². The third-order valence-electron chi connectivity index (χ3n) is 0.958. The van der Waals surface area contributed by atoms with Gasteiger partial charge in [0.25, 0.3) is 0 Å². The van der Waals surface area contributed by atoms with Crippen molar-refractivity contribution in [1.29, 1.82) is 0 Å². The highest BCUT2D eigenvalue weighted by atomic mass is 31.2. The Morgan fingerprint density at radius 1 is 1.29 bits per heavy atom. The second-order valence-electron chi connectivity index (χ2n) is 2.62. The van der Waals surface area contributed by atoms with Gasteiger partial charge in [-0.05, 0) is 0 Å². The average molecular weight is 249 g/mol. The maximum atomic E-state index is 10.7. The lowest BCUT2D eigenvalue weighted by atomic mass is 10.7. The molecule has 0 aliphatic heterocycles. The van der Waals surface area contributed by atoms with Crippen LogP contribution in [0.15, 0.2) is 0 Å². The summed E-state index contributed by atoms with van der Waals surface area (Å²) in [5, 5.41) is 9.06. The predicted octanol–water partition coefficient (Wildman–Crippen LogP) is -0.837. The third kappa shape index (κ3) is 8.80. The van der Waals surface area contributed by atoms with Crippen LogP contribution in [0.1, 0.15) is 0 Å². The first-order valence-corrected chi connectivity index (χ1v) is 7.36. The summed E-state index contributed by atoms with van der Waals surface area (Å²) < 4.78 is 25.6. The number of aliphatic hydroxyl groups excluding tert-OH is 1. The van der Waals surface area contributed by atoms with Crippen molar-refractivity contribution in [3.63, 3.8) is 0 Å². The first-order valence-electron chi connectivity index (χ1n) is 3.54. The third-order valence-corrected chi connectivity index (χ3v) is 2.18. The minimum absolute atomic E-state index is 0.260. The van der Waals surface area contributed by atoms with E-state index in [1.807, 2.05) is 0 Å². The molecule has 0 aromatic rings. The number of nitrogens with zero attached hydrogens (tertiary/aromatic N) is 1. The van der Waals surface area contributed by atoms with Crippen LogP contribution in [0.5, 0.6) is 0 Å². The number of aliphatic hydroxyl groups is 1. The van der Waals surface area contributed by atoms with Crippen LogP contribution in [0.4, 0.5) is 0 Å². The molecule has 0 bridgehead atoms. The molecule has 8 nitrogen and oxygen atoms in total. The fraction of sp³-hybridized carbons (Fsp3) is 1.00. The van der Waals surface area contributed by atoms with Crippen LogP contribution in [-0.2, 0) is 13.8 Å². The Morgan fingerprint density at radius 2 is 1.79 bits per heavy atom. The molecule has 1 unspecified atom stereocenters. The molecule has 0 spiro atoms. The van der Waals surface area contributed by atoms with Crippen LogP contribution in [0, 0.1) is 0 Å². The molecule has 0 amide bonds. The highest BCUT2D eigenvalue weighted by molar-refractivity contribution is 7.52. The molecule has 0 radical (unpaired) electrons. The topological polar surface area (TPSA) is 128 Å². The highest BCUT2D eigenvalue weighted by Gasteiger charge is 2.24. The van der Waals surface area contributed by atoms with Gasteiger partial charge in [0.15, 0.2) is 0 Å². The van der Waals surface area contributed by atoms with E-state index in [1.54, 1.807) is 0 Å². The van der Waals surface area contributed by atoms with Gasteiger partial charge in [-0.1, -0.05) is 0 Å². The van der Waals surface area contributed by atoms with Crippen molar-refractivity contribution >= 4 is 15.2 Å². The van der Waals surface area contributed by atoms with Crippen LogP contribution in [-0.4, -0.2) is 51.0 Å². The second kappa shape index (κ2) is 5.34. The zero-order valence-corrected chi connectivity index (χ0v) is 9.27. The molecular weight excluding hydrogens is 236 g/mol. The van der Waals surface area contributed by atoms with Gasteiger partial charge in [-0.3, -0.25) is 9.13 Å². The minimum atomic E-state index is -4.38. The largest absolute Gasteiger partial charge is 0.395 e. The monoisotopic (exact) mass is 249 g/mol. The SMILES string of the molecule is CP(=O)(O)ON(CCO)CP(=O)(O)O. The van der Waals surface area contributed by atoms with Crippen LogP contribution >= 0.6 is 15.2 Å². The summed E-state index contributed by atoms with van der Waals surface area (Å²) in [6.45, 7) is 0.167. The molecule has 0 heterocycles. The number of hydrogen-bond acceptors (Lipinski definition) is 5. The van der Waals surface area contributed by atoms with Gasteiger partial charge < -0.3 is 19.8 Å². The normalized spacial score (nSPS) is 17.0. The maximum Gasteiger partial charge on any atom is 0.341 e. The van der Waals surface area contributed by atoms with Crippen LogP contribution in [0.25, 0.3) is 0 Å². The van der Waals surface area contributed by atoms with E-state index in [2.05, 4.69) is 4.62 Å². The maximum absolute atomic E-state index is 10.7. The zero-order chi connectivity index (χ0) is 11.4. The molecule has 86 valence electrons. The van der Waals surface area contributed by atoms with Gasteiger partial charge in [0, 0.05) is 13.2 Å². The van der Waals surface area contributed by atoms with Crippen LogP contribution in [0.3, 0.4) is 0 Å². The van der Waals surface area contributed by atoms with E-state index in [0.29, 0.717) is 5.06 Å². The molecule has 0 saturated carbocycles. The summed E-state index contributed by atoms with van der Waals surface area (Å²) in [5.74, 6) is 0. The summed E-state index contributed by atoms with van der Waals surface area (Å²) in [7, 11) is -8.25. The summed E-state index contributed by atoms with van der Waals surface area (Å²) in [5.41, 5.74) is 0. The van der Waals surface area contributed by atoms with Gasteiger partial charge in [0.05, 0.1) is 6.61 Å². The standard InChI is InChI=1S/C4H13NO7P2/c1-13(7,8)12-5(2-3-6)4-14(9,10)11/h6H,2-4H2,1H3,(H,7,8)(H2,9,10,11). The van der Waals surface area contributed by atoms with E-state index in [0.717, 1.165) is 6.66 Å². The molecule has 1 atom stereocenters. The molecule has 0 aliphatic carbocycles. The average Bonchev–Trinajstić information content (AvgIpc) is 1.78. The first-order chi connectivity index (χ1) is 6.14. The predicted molar refractivity (Wildman–Crippen MR) is 47.5 cm³/mol. The molecule has 0 aliphatic rings. The molecule has 14 heavy (non-hydrogen) atoms. The number of hydroxylamine groups is 2. The van der Waals surface area contributed by atoms with E-state index in [1.165, 1.54) is 0 Å². The van der Waals surface area contributed by atoms with Crippen molar-refractivity contribution in [3.05, 3.63) is 0 Å². The van der Waals surface area contributed by atoms with Crippen molar-refractivity contribution in [3.8, 4) is 0 Å². The summed E-state index contributed by atoms with van der Waals surface area (Å²) in [6.07, 6.45) is -0.841. The zero-order valence-electron chi connectivity index (χ0n) is 7.48. The van der Waals surface area contributed by atoms with Gasteiger partial charge in [-0.25, -0.2) is 4.62 Å². The van der Waals surface area contributed by atoms with Gasteiger partial charge in [-0.2, -0.15) is 5.06 Å². The Kier molecular flexibility index (Phi) is 5.43. The van der Waals surface area contributed by atoms with E-state index in [-0.39, 0.29) is 6.54 Å². The van der Waals surface area contributed by atoms with Gasteiger partial charge in [-0.15, -0.1) is 0 Å². The Morgan fingerprint density at radius 3 is 2.07 bits per heavy atom. The lowest BCUT2D eigenvalue weighted by Crippen LogP contribution is -2.27. The number of rotatable bonds is 6. The first kappa shape index (κ1) is 14.2. The van der Waals surface area contributed by atoms with Gasteiger partial charge in [0.2, 0.25) is 0 Å². The molecule has 0 aromatic heterocycles. The Balaban J connectivity index is 4.31. The lowest BCUT2D eigenvalue weighted by molar-refractivity contribution is -0.0613. The molecular formula is C4H13NO7P2. The summed E-state index contributed by atoms with van der Waals surface area (Å²) in [4.78, 5) is 25.9. The Labute approximate surface area is 80.8 Å². The smallest absolute Gasteiger partial charge is 0.341 e. The van der Waals surface area contributed by atoms with E-state index in [9.17, 15) is 9.13 Å². The minimum Gasteiger partial charge on any atom is -0.395 e. The van der Waals surface area contributed by atoms with Crippen molar-refractivity contribution in [2.75, 3.05) is 26.1 Å². The second-order valence-corrected chi connectivity index (χ2v) is 6.00. The molecule has 0 aromatic carbocycles. The van der Waals surface area contributed by atoms with Crippen molar-refractivity contribution in [2.45, 2.75) is 0 Å². The fourth-order valence-electron chi connectivity index (χ4n) is 0.669. The lowest BCUT2D eigenvalue weighted by Gasteiger charge is -2.21. The summed E-state index contributed by atoms with van der Waals surface area (Å²) in [6, 6.07) is 0. The highest BCUT2D eigenvalue weighted by Crippen LogP contribution is 2.42. The Hall–Kier alpha value is 0.220. The van der Waals surface area contributed by atoms with E-state index < -0.39 is 28.1 Å². The van der Waals surface area contributed by atoms with Crippen molar-refractivity contribution in [2.24, 2.45) is 0 Å². The number of hydrogen-bond donors (Lipinski definition) is 4. The quantitative estimate of drug-likeness (QED) is 0.354. The van der Waals surface area contributed by atoms with Crippen molar-refractivity contribution in [1.82, 2.24) is 5.06 Å². The molecule has 0 saturated heterocycles. The van der Waals surface area contributed by atoms with Crippen LogP contribution < -0.4 is 0 Å². The molecule has 10 heteroatoms. The summed E-state index contributed by atoms with van der Waals surface area (Å²) >= 11 is 0. The molecule has 0 rings (SSSR count). The van der Waals surface area contributed by atoms with Gasteiger partial charge in [0.1, 0.15) is 6.29 Å². The molecule has 0 fully saturated rings. The fourth-order valence-corrected chi connectivity index (χ4v) is 1.94. The van der Waals surface area contributed by atoms with Crippen molar-refractivity contribution < 1.29 is 33.5 Å². The molecule has 4 N–H and O–H groups in total. The van der Waals surface area contributed by atoms with E-state index >= 15 is 0 Å².